The molecule has 0 fully saturated rings. The second-order valence-electron chi connectivity index (χ2n) is 5.83. The zero-order chi connectivity index (χ0) is 16.7. The van der Waals surface area contributed by atoms with E-state index in [2.05, 4.69) is 17.4 Å². The highest BCUT2D eigenvalue weighted by atomic mass is 16.5. The molecule has 4 heteroatoms. The lowest BCUT2D eigenvalue weighted by atomic mass is 9.99. The van der Waals surface area contributed by atoms with Gasteiger partial charge in [-0.25, -0.2) is 0 Å². The number of aliphatic carboxylic acids is 1. The highest BCUT2D eigenvalue weighted by Gasteiger charge is 2.22. The molecule has 23 heavy (non-hydrogen) atoms. The number of hydrogen-bond donors (Lipinski definition) is 2. The third-order valence-electron chi connectivity index (χ3n) is 4.17. The van der Waals surface area contributed by atoms with E-state index in [0.717, 1.165) is 29.4 Å². The van der Waals surface area contributed by atoms with E-state index in [0.29, 0.717) is 13.2 Å². The van der Waals surface area contributed by atoms with Crippen LogP contribution in [0, 0.1) is 5.92 Å². The normalized spacial score (nSPS) is 13.7. The largest absolute Gasteiger partial charge is 0.493 e. The van der Waals surface area contributed by atoms with Gasteiger partial charge in [0, 0.05) is 5.39 Å². The fraction of sp³-hybridized carbons (Fsp3) is 0.421. The number of carboxylic acids is 1. The second kappa shape index (κ2) is 8.53. The molecule has 2 rings (SSSR count). The molecule has 0 aliphatic heterocycles. The number of ether oxygens (including phenoxy) is 1. The van der Waals surface area contributed by atoms with Crippen molar-refractivity contribution >= 4 is 16.7 Å². The summed E-state index contributed by atoms with van der Waals surface area (Å²) in [6.45, 7) is 5.16. The summed E-state index contributed by atoms with van der Waals surface area (Å²) >= 11 is 0. The minimum Gasteiger partial charge on any atom is -0.493 e. The fourth-order valence-corrected chi connectivity index (χ4v) is 2.60. The zero-order valence-electron chi connectivity index (χ0n) is 13.8. The molecule has 0 spiro atoms. The lowest BCUT2D eigenvalue weighted by Gasteiger charge is -2.20. The van der Waals surface area contributed by atoms with Crippen molar-refractivity contribution in [3.63, 3.8) is 0 Å². The van der Waals surface area contributed by atoms with Crippen LogP contribution in [0.1, 0.15) is 26.7 Å². The molecule has 0 saturated heterocycles. The molecule has 0 aliphatic rings. The Morgan fingerprint density at radius 3 is 2.70 bits per heavy atom. The van der Waals surface area contributed by atoms with Crippen molar-refractivity contribution in [3.8, 4) is 5.75 Å². The van der Waals surface area contributed by atoms with Crippen molar-refractivity contribution in [2.75, 3.05) is 13.2 Å². The van der Waals surface area contributed by atoms with Crippen LogP contribution in [0.2, 0.25) is 0 Å². The van der Waals surface area contributed by atoms with Gasteiger partial charge in [0.25, 0.3) is 0 Å². The Labute approximate surface area is 137 Å². The Kier molecular flexibility index (Phi) is 6.41. The summed E-state index contributed by atoms with van der Waals surface area (Å²) in [4.78, 5) is 11.2. The Morgan fingerprint density at radius 2 is 1.96 bits per heavy atom. The van der Waals surface area contributed by atoms with Crippen LogP contribution in [0.25, 0.3) is 10.8 Å². The average molecular weight is 315 g/mol. The Morgan fingerprint density at radius 1 is 1.22 bits per heavy atom. The first-order valence-electron chi connectivity index (χ1n) is 8.20. The van der Waals surface area contributed by atoms with Gasteiger partial charge in [-0.3, -0.25) is 4.79 Å². The molecule has 0 aromatic heterocycles. The minimum atomic E-state index is -0.783. The molecular formula is C19H25NO3. The van der Waals surface area contributed by atoms with E-state index >= 15 is 0 Å². The molecule has 0 heterocycles. The van der Waals surface area contributed by atoms with Crippen molar-refractivity contribution in [2.24, 2.45) is 5.92 Å². The van der Waals surface area contributed by atoms with Crippen LogP contribution in [-0.4, -0.2) is 30.3 Å². The van der Waals surface area contributed by atoms with Crippen LogP contribution in [0.4, 0.5) is 0 Å². The smallest absolute Gasteiger partial charge is 0.320 e. The van der Waals surface area contributed by atoms with E-state index in [9.17, 15) is 9.90 Å². The summed E-state index contributed by atoms with van der Waals surface area (Å²) in [5.74, 6) is 0.209. The van der Waals surface area contributed by atoms with Crippen LogP contribution in [0.3, 0.4) is 0 Å². The second-order valence-corrected chi connectivity index (χ2v) is 5.83. The molecule has 2 N–H and O–H groups in total. The first-order valence-corrected chi connectivity index (χ1v) is 8.20. The number of carbonyl (C=O) groups is 1. The zero-order valence-corrected chi connectivity index (χ0v) is 13.8. The maximum Gasteiger partial charge on any atom is 0.320 e. The Hall–Kier alpha value is -2.07. The first-order chi connectivity index (χ1) is 11.1. The third-order valence-corrected chi connectivity index (χ3v) is 4.17. The van der Waals surface area contributed by atoms with Gasteiger partial charge in [0.1, 0.15) is 11.8 Å². The summed E-state index contributed by atoms with van der Waals surface area (Å²) in [6.07, 6.45) is 1.61. The lowest BCUT2D eigenvalue weighted by molar-refractivity contribution is -0.140. The maximum atomic E-state index is 11.2. The van der Waals surface area contributed by atoms with Gasteiger partial charge in [0.2, 0.25) is 0 Å². The number of nitrogens with one attached hydrogen (secondary N) is 1. The molecule has 0 saturated carbocycles. The van der Waals surface area contributed by atoms with E-state index in [1.165, 1.54) is 0 Å². The van der Waals surface area contributed by atoms with Crippen molar-refractivity contribution < 1.29 is 14.6 Å². The van der Waals surface area contributed by atoms with Gasteiger partial charge in [0.05, 0.1) is 6.61 Å². The van der Waals surface area contributed by atoms with Gasteiger partial charge in [-0.05, 0) is 30.3 Å². The molecule has 0 aliphatic carbocycles. The molecule has 2 aromatic rings. The highest BCUT2D eigenvalue weighted by Crippen LogP contribution is 2.25. The predicted molar refractivity (Wildman–Crippen MR) is 92.9 cm³/mol. The predicted octanol–water partition coefficient (Wildman–Crippen LogP) is 3.70. The number of fused-ring (bicyclic) bond motifs is 1. The summed E-state index contributed by atoms with van der Waals surface area (Å²) in [5, 5.41) is 14.6. The fourth-order valence-electron chi connectivity index (χ4n) is 2.60. The number of hydrogen-bond acceptors (Lipinski definition) is 3. The first kappa shape index (κ1) is 17.3. The van der Waals surface area contributed by atoms with Crippen molar-refractivity contribution in [2.45, 2.75) is 32.7 Å². The van der Waals surface area contributed by atoms with Gasteiger partial charge >= 0.3 is 5.97 Å². The molecule has 0 amide bonds. The SMILES string of the molecule is CC[C@H](C)[C@H](NCCCOc1cccc2ccccc12)C(=O)O. The van der Waals surface area contributed by atoms with Gasteiger partial charge in [-0.1, -0.05) is 56.7 Å². The quantitative estimate of drug-likeness (QED) is 0.693. The lowest BCUT2D eigenvalue weighted by Crippen LogP contribution is -2.42. The van der Waals surface area contributed by atoms with Crippen LogP contribution in [0.5, 0.6) is 5.75 Å². The summed E-state index contributed by atoms with van der Waals surface area (Å²) in [6, 6.07) is 13.6. The molecule has 2 atom stereocenters. The van der Waals surface area contributed by atoms with E-state index in [1.54, 1.807) is 0 Å². The highest BCUT2D eigenvalue weighted by molar-refractivity contribution is 5.88. The number of benzene rings is 2. The third kappa shape index (κ3) is 4.70. The van der Waals surface area contributed by atoms with Crippen LogP contribution in [0.15, 0.2) is 42.5 Å². The van der Waals surface area contributed by atoms with E-state index < -0.39 is 12.0 Å². The molecule has 0 bridgehead atoms. The number of rotatable bonds is 9. The monoisotopic (exact) mass is 315 g/mol. The molecule has 124 valence electrons. The standard InChI is InChI=1S/C19H25NO3/c1-3-14(2)18(19(21)22)20-12-7-13-23-17-11-6-9-15-8-4-5-10-16(15)17/h4-6,8-11,14,18,20H,3,7,12-13H2,1-2H3,(H,21,22)/t14-,18-/m0/s1. The molecular weight excluding hydrogens is 290 g/mol. The average Bonchev–Trinajstić information content (AvgIpc) is 2.57. The van der Waals surface area contributed by atoms with Gasteiger partial charge in [-0.2, -0.15) is 0 Å². The summed E-state index contributed by atoms with van der Waals surface area (Å²) in [7, 11) is 0. The van der Waals surface area contributed by atoms with Crippen LogP contribution < -0.4 is 10.1 Å². The maximum absolute atomic E-state index is 11.2. The number of carboxylic acid groups (broad SMARTS) is 1. The molecule has 2 aromatic carbocycles. The summed E-state index contributed by atoms with van der Waals surface area (Å²) < 4.78 is 5.86. The molecule has 0 radical (unpaired) electrons. The van der Waals surface area contributed by atoms with Crippen molar-refractivity contribution in [1.82, 2.24) is 5.32 Å². The van der Waals surface area contributed by atoms with E-state index in [4.69, 9.17) is 4.74 Å². The van der Waals surface area contributed by atoms with Gasteiger partial charge < -0.3 is 15.2 Å². The molecule has 4 nitrogen and oxygen atoms in total. The Balaban J connectivity index is 1.82. The topological polar surface area (TPSA) is 58.6 Å². The van der Waals surface area contributed by atoms with Crippen LogP contribution >= 0.6 is 0 Å². The minimum absolute atomic E-state index is 0.117. The van der Waals surface area contributed by atoms with E-state index in [1.807, 2.05) is 44.2 Å². The Bertz CT molecular complexity index is 636. The molecule has 0 unspecified atom stereocenters. The van der Waals surface area contributed by atoms with Crippen LogP contribution in [-0.2, 0) is 4.79 Å². The van der Waals surface area contributed by atoms with Crippen molar-refractivity contribution in [1.29, 1.82) is 0 Å². The van der Waals surface area contributed by atoms with Gasteiger partial charge in [-0.15, -0.1) is 0 Å². The van der Waals surface area contributed by atoms with Gasteiger partial charge in [0.15, 0.2) is 0 Å². The summed E-state index contributed by atoms with van der Waals surface area (Å²) in [5.41, 5.74) is 0. The van der Waals surface area contributed by atoms with Crippen molar-refractivity contribution in [3.05, 3.63) is 42.5 Å². The van der Waals surface area contributed by atoms with E-state index in [-0.39, 0.29) is 5.92 Å².